The van der Waals surface area contributed by atoms with Crippen LogP contribution in [0, 0.1) is 6.85 Å². The Morgan fingerprint density at radius 2 is 1.96 bits per heavy atom. The Labute approximate surface area is 173 Å². The lowest BCUT2D eigenvalue weighted by atomic mass is 10.1. The van der Waals surface area contributed by atoms with Crippen molar-refractivity contribution in [2.75, 3.05) is 24.6 Å². The molecule has 0 unspecified atom stereocenters. The van der Waals surface area contributed by atoms with Gasteiger partial charge < -0.3 is 5.32 Å². The molecule has 28 heavy (non-hydrogen) atoms. The summed E-state index contributed by atoms with van der Waals surface area (Å²) in [4.78, 5) is 22.0. The third-order valence-electron chi connectivity index (χ3n) is 5.59. The summed E-state index contributed by atoms with van der Waals surface area (Å²) < 4.78 is 71.8. The molecule has 0 radical (unpaired) electrons. The number of sulfonamides is 1. The van der Waals surface area contributed by atoms with Crippen molar-refractivity contribution < 1.29 is 16.6 Å². The third-order valence-corrected chi connectivity index (χ3v) is 6.64. The number of aryl methyl sites for hydroxylation is 1. The van der Waals surface area contributed by atoms with E-state index >= 15 is 0 Å². The van der Waals surface area contributed by atoms with Gasteiger partial charge in [0.05, 0.1) is 6.18 Å². The van der Waals surface area contributed by atoms with Crippen LogP contribution in [0.3, 0.4) is 0 Å². The van der Waals surface area contributed by atoms with Gasteiger partial charge in [-0.3, -0.25) is 9.36 Å². The van der Waals surface area contributed by atoms with Crippen LogP contribution in [-0.2, 0) is 10.0 Å². The Hall–Kier alpha value is -2.00. The van der Waals surface area contributed by atoms with Gasteiger partial charge in [0.2, 0.25) is 16.0 Å². The number of pyridine rings is 1. The Morgan fingerprint density at radius 3 is 2.64 bits per heavy atom. The molecule has 9 heteroatoms. The SMILES string of the molecule is [2H]C([2H])([2H])c1cc2cnc(NC3CCN(S(=O)(=O)C([2H])([2H])[2H])CC3)nc2n(C2CCCC2)c1=O. The van der Waals surface area contributed by atoms with Crippen LogP contribution in [0.4, 0.5) is 5.95 Å². The Balaban J connectivity index is 1.61. The maximum absolute atomic E-state index is 13.1. The molecule has 4 rings (SSSR count). The number of hydrogen-bond donors (Lipinski definition) is 1. The van der Waals surface area contributed by atoms with Gasteiger partial charge in [0.15, 0.2) is 0 Å². The van der Waals surface area contributed by atoms with Crippen LogP contribution in [0.25, 0.3) is 11.0 Å². The normalized spacial score (nSPS) is 24.1. The summed E-state index contributed by atoms with van der Waals surface area (Å²) in [6, 6.07) is 1.01. The summed E-state index contributed by atoms with van der Waals surface area (Å²) in [6.07, 6.45) is 2.56. The number of piperidine rings is 1. The molecule has 8 nitrogen and oxygen atoms in total. The molecule has 3 heterocycles. The highest BCUT2D eigenvalue weighted by molar-refractivity contribution is 7.88. The Kier molecular flexibility index (Phi) is 3.52. The van der Waals surface area contributed by atoms with Gasteiger partial charge in [-0.05, 0) is 38.6 Å². The predicted molar refractivity (Wildman–Crippen MR) is 109 cm³/mol. The maximum atomic E-state index is 13.1. The summed E-state index contributed by atoms with van der Waals surface area (Å²) in [5, 5.41) is 3.61. The monoisotopic (exact) mass is 411 g/mol. The molecule has 0 aromatic carbocycles. The summed E-state index contributed by atoms with van der Waals surface area (Å²) >= 11 is 0. The molecule has 1 aliphatic heterocycles. The van der Waals surface area contributed by atoms with Crippen LogP contribution in [-0.4, -0.2) is 52.6 Å². The van der Waals surface area contributed by atoms with Crippen molar-refractivity contribution in [1.29, 1.82) is 0 Å². The van der Waals surface area contributed by atoms with Crippen LogP contribution < -0.4 is 10.9 Å². The van der Waals surface area contributed by atoms with Crippen LogP contribution in [0.15, 0.2) is 17.1 Å². The number of anilines is 1. The molecular weight excluding hydrogens is 378 g/mol. The van der Waals surface area contributed by atoms with E-state index in [0.29, 0.717) is 23.9 Å². The molecule has 2 aromatic heterocycles. The molecule has 2 fully saturated rings. The van der Waals surface area contributed by atoms with Crippen LogP contribution in [0.1, 0.15) is 58.4 Å². The van der Waals surface area contributed by atoms with E-state index in [2.05, 4.69) is 15.3 Å². The van der Waals surface area contributed by atoms with Crippen molar-refractivity contribution in [2.45, 2.75) is 57.5 Å². The first-order chi connectivity index (χ1) is 15.8. The van der Waals surface area contributed by atoms with E-state index in [1.54, 1.807) is 0 Å². The maximum Gasteiger partial charge on any atom is 0.255 e. The van der Waals surface area contributed by atoms with E-state index in [1.807, 2.05) is 0 Å². The Bertz CT molecular complexity index is 1230. The number of nitrogens with zero attached hydrogens (tertiary/aromatic N) is 4. The molecule has 152 valence electrons. The van der Waals surface area contributed by atoms with Crippen LogP contribution >= 0.6 is 0 Å². The molecule has 1 saturated carbocycles. The molecule has 1 N–H and O–H groups in total. The van der Waals surface area contributed by atoms with Gasteiger partial charge in [-0.2, -0.15) is 4.98 Å². The van der Waals surface area contributed by atoms with Crippen molar-refractivity contribution in [1.82, 2.24) is 18.8 Å². The van der Waals surface area contributed by atoms with Gasteiger partial charge in [0.25, 0.3) is 5.56 Å². The lowest BCUT2D eigenvalue weighted by molar-refractivity contribution is 0.331. The zero-order valence-corrected chi connectivity index (χ0v) is 16.2. The van der Waals surface area contributed by atoms with E-state index < -0.39 is 28.6 Å². The highest BCUT2D eigenvalue weighted by atomic mass is 32.2. The molecule has 0 amide bonds. The average molecular weight is 412 g/mol. The van der Waals surface area contributed by atoms with Crippen molar-refractivity contribution in [2.24, 2.45) is 0 Å². The minimum Gasteiger partial charge on any atom is -0.351 e. The van der Waals surface area contributed by atoms with Crippen molar-refractivity contribution >= 4 is 27.0 Å². The predicted octanol–water partition coefficient (Wildman–Crippen LogP) is 2.05. The van der Waals surface area contributed by atoms with E-state index in [4.69, 9.17) is 8.22 Å². The fraction of sp³-hybridized carbons (Fsp3) is 0.632. The largest absolute Gasteiger partial charge is 0.351 e. The standard InChI is InChI=1S/C19H27N5O3S/c1-13-11-14-12-20-19(21-15-7-9-23(10-8-15)28(2,26)27)22-17(14)24(18(13)25)16-5-3-4-6-16/h11-12,15-16H,3-10H2,1-2H3,(H,20,21,22)/i1D3,2D3. The lowest BCUT2D eigenvalue weighted by Crippen LogP contribution is -2.42. The zero-order chi connectivity index (χ0) is 24.9. The summed E-state index contributed by atoms with van der Waals surface area (Å²) in [6.45, 7) is -2.44. The minimum absolute atomic E-state index is 0.0562. The lowest BCUT2D eigenvalue weighted by Gasteiger charge is -2.30. The quantitative estimate of drug-likeness (QED) is 0.827. The summed E-state index contributed by atoms with van der Waals surface area (Å²) in [5.41, 5.74) is -0.448. The molecule has 0 atom stereocenters. The Morgan fingerprint density at radius 1 is 1.21 bits per heavy atom. The highest BCUT2D eigenvalue weighted by Gasteiger charge is 2.26. The fourth-order valence-corrected chi connectivity index (χ4v) is 4.81. The smallest absolute Gasteiger partial charge is 0.255 e. The van der Waals surface area contributed by atoms with Crippen molar-refractivity contribution in [3.63, 3.8) is 0 Å². The van der Waals surface area contributed by atoms with Gasteiger partial charge >= 0.3 is 0 Å². The molecule has 1 aliphatic carbocycles. The second-order valence-electron chi connectivity index (χ2n) is 7.47. The topological polar surface area (TPSA) is 97.2 Å². The average Bonchev–Trinajstić information content (AvgIpc) is 3.26. The van der Waals surface area contributed by atoms with E-state index in [-0.39, 0.29) is 36.7 Å². The van der Waals surface area contributed by atoms with Gasteiger partial charge in [-0.15, -0.1) is 0 Å². The van der Waals surface area contributed by atoms with E-state index in [9.17, 15) is 13.2 Å². The molecule has 2 aromatic rings. The van der Waals surface area contributed by atoms with Crippen molar-refractivity contribution in [3.8, 4) is 0 Å². The number of fused-ring (bicyclic) bond motifs is 1. The molecule has 0 spiro atoms. The number of aromatic nitrogens is 3. The van der Waals surface area contributed by atoms with Gasteiger partial charge in [-0.25, -0.2) is 17.7 Å². The van der Waals surface area contributed by atoms with E-state index in [1.165, 1.54) is 16.8 Å². The molecular formula is C19H27N5O3S. The fourth-order valence-electron chi connectivity index (χ4n) is 4.11. The zero-order valence-electron chi connectivity index (χ0n) is 21.4. The first kappa shape index (κ1) is 13.3. The third kappa shape index (κ3) is 3.77. The first-order valence-electron chi connectivity index (χ1n) is 12.5. The first-order valence-corrected chi connectivity index (χ1v) is 10.9. The number of nitrogens with one attached hydrogen (secondary N) is 1. The second kappa shape index (κ2) is 7.44. The number of rotatable bonds is 4. The van der Waals surface area contributed by atoms with Gasteiger partial charge in [0, 0.05) is 50.5 Å². The van der Waals surface area contributed by atoms with E-state index in [0.717, 1.165) is 30.0 Å². The van der Waals surface area contributed by atoms with Crippen LogP contribution in [0.5, 0.6) is 0 Å². The van der Waals surface area contributed by atoms with Gasteiger partial charge in [-0.1, -0.05) is 12.8 Å². The number of hydrogen-bond acceptors (Lipinski definition) is 6. The highest BCUT2D eigenvalue weighted by Crippen LogP contribution is 2.30. The van der Waals surface area contributed by atoms with Crippen LogP contribution in [0.2, 0.25) is 0 Å². The molecule has 0 bridgehead atoms. The summed E-state index contributed by atoms with van der Waals surface area (Å²) in [5.74, 6) is 0.248. The molecule has 1 saturated heterocycles. The van der Waals surface area contributed by atoms with Crippen molar-refractivity contribution in [3.05, 3.63) is 28.2 Å². The minimum atomic E-state index is -4.37. The summed E-state index contributed by atoms with van der Waals surface area (Å²) in [7, 11) is -4.37. The molecule has 2 aliphatic rings. The van der Waals surface area contributed by atoms with Gasteiger partial charge in [0.1, 0.15) is 5.65 Å². The second-order valence-corrected chi connectivity index (χ2v) is 8.93.